The molecule has 5 rings (SSSR count). The fraction of sp³-hybridized carbons (Fsp3) is 0.375. The second kappa shape index (κ2) is 10.2. The molecule has 0 saturated carbocycles. The zero-order chi connectivity index (χ0) is 23.3. The predicted octanol–water partition coefficient (Wildman–Crippen LogP) is 2.60. The highest BCUT2D eigenvalue weighted by Gasteiger charge is 2.19. The van der Waals surface area contributed by atoms with Crippen LogP contribution >= 0.6 is 0 Å². The van der Waals surface area contributed by atoms with E-state index in [0.717, 1.165) is 52.3 Å². The molecule has 0 amide bonds. The van der Waals surface area contributed by atoms with Crippen molar-refractivity contribution in [2.24, 2.45) is 0 Å². The first-order valence-corrected chi connectivity index (χ1v) is 11.2. The number of hydrogen-bond acceptors (Lipinski definition) is 9. The average molecular weight is 462 g/mol. The number of nitrogens with zero attached hydrogens (tertiary/aromatic N) is 7. The molecule has 0 radical (unpaired) electrons. The minimum Gasteiger partial charge on any atom is -0.378 e. The highest BCUT2D eigenvalue weighted by molar-refractivity contribution is 5.88. The summed E-state index contributed by atoms with van der Waals surface area (Å²) in [5, 5.41) is 8.35. The van der Waals surface area contributed by atoms with Crippen LogP contribution in [0.25, 0.3) is 22.4 Å². The van der Waals surface area contributed by atoms with Crippen LogP contribution in [0.15, 0.2) is 42.7 Å². The number of rotatable bonds is 8. The zero-order valence-electron chi connectivity index (χ0n) is 19.3. The molecule has 0 bridgehead atoms. The number of methoxy groups -OCH3 is 1. The van der Waals surface area contributed by atoms with Crippen molar-refractivity contribution in [3.8, 4) is 11.4 Å². The van der Waals surface area contributed by atoms with Gasteiger partial charge in [-0.3, -0.25) is 4.98 Å². The van der Waals surface area contributed by atoms with Crippen molar-refractivity contribution < 1.29 is 14.2 Å². The molecule has 0 aliphatic carbocycles. The Labute approximate surface area is 197 Å². The molecule has 1 aliphatic rings. The van der Waals surface area contributed by atoms with Gasteiger partial charge in [0.05, 0.1) is 38.1 Å². The first-order chi connectivity index (χ1) is 16.7. The second-order valence-electron chi connectivity index (χ2n) is 8.21. The molecule has 1 fully saturated rings. The van der Waals surface area contributed by atoms with E-state index in [4.69, 9.17) is 29.2 Å². The monoisotopic (exact) mass is 461 g/mol. The molecule has 0 spiro atoms. The van der Waals surface area contributed by atoms with Gasteiger partial charge in [-0.15, -0.1) is 5.10 Å². The molecule has 0 unspecified atom stereocenters. The van der Waals surface area contributed by atoms with E-state index in [1.165, 1.54) is 0 Å². The first-order valence-electron chi connectivity index (χ1n) is 11.2. The van der Waals surface area contributed by atoms with Gasteiger partial charge in [-0.1, -0.05) is 29.0 Å². The number of fused-ring (bicyclic) bond motifs is 1. The fourth-order valence-corrected chi connectivity index (χ4v) is 3.94. The van der Waals surface area contributed by atoms with Gasteiger partial charge in [0.2, 0.25) is 0 Å². The number of benzene rings is 1. The van der Waals surface area contributed by atoms with E-state index < -0.39 is 0 Å². The maximum absolute atomic E-state index is 5.55. The summed E-state index contributed by atoms with van der Waals surface area (Å²) >= 11 is 0. The summed E-state index contributed by atoms with van der Waals surface area (Å²) in [5.74, 6) is 1.53. The fourth-order valence-electron chi connectivity index (χ4n) is 3.94. The minimum absolute atomic E-state index is 0.218. The molecular formula is C24H27N7O3. The van der Waals surface area contributed by atoms with E-state index >= 15 is 0 Å². The quantitative estimate of drug-likeness (QED) is 0.289. The molecule has 10 heteroatoms. The van der Waals surface area contributed by atoms with E-state index in [9.17, 15) is 0 Å². The third-order valence-corrected chi connectivity index (χ3v) is 5.54. The Morgan fingerprint density at radius 2 is 2.00 bits per heavy atom. The van der Waals surface area contributed by atoms with Crippen molar-refractivity contribution in [3.63, 3.8) is 0 Å². The van der Waals surface area contributed by atoms with Gasteiger partial charge in [-0.25, -0.2) is 14.6 Å². The largest absolute Gasteiger partial charge is 0.378 e. The van der Waals surface area contributed by atoms with Crippen LogP contribution in [0.1, 0.15) is 16.8 Å². The third kappa shape index (κ3) is 5.04. The van der Waals surface area contributed by atoms with Gasteiger partial charge < -0.3 is 19.1 Å². The second-order valence-corrected chi connectivity index (χ2v) is 8.21. The highest BCUT2D eigenvalue weighted by atomic mass is 16.7. The molecule has 4 heterocycles. The van der Waals surface area contributed by atoms with Crippen molar-refractivity contribution >= 4 is 16.9 Å². The van der Waals surface area contributed by atoms with Crippen molar-refractivity contribution in [1.29, 1.82) is 0 Å². The summed E-state index contributed by atoms with van der Waals surface area (Å²) < 4.78 is 17.6. The summed E-state index contributed by atoms with van der Waals surface area (Å²) in [7, 11) is 1.59. The maximum Gasteiger partial charge on any atom is 0.162 e. The number of aryl methyl sites for hydroxylation is 1. The van der Waals surface area contributed by atoms with Gasteiger partial charge in [0.25, 0.3) is 0 Å². The summed E-state index contributed by atoms with van der Waals surface area (Å²) in [6.45, 7) is 6.05. The lowest BCUT2D eigenvalue weighted by Crippen LogP contribution is -2.37. The Morgan fingerprint density at radius 1 is 1.12 bits per heavy atom. The molecule has 3 aromatic heterocycles. The zero-order valence-corrected chi connectivity index (χ0v) is 19.3. The lowest BCUT2D eigenvalue weighted by Gasteiger charge is -2.28. The molecule has 1 saturated heterocycles. The standard InChI is InChI=1S/C24H27N7O3/c1-17-4-3-5-19(10-17)23-26-21-11-18(13-31-14-20(28-29-31)15-34-16-32-2)12-25-22(21)24(27-23)30-6-8-33-9-7-30/h3-5,10-12,14H,6-9,13,15-16H2,1-2H3. The molecule has 0 N–H and O–H groups in total. The number of ether oxygens (including phenoxy) is 3. The van der Waals surface area contributed by atoms with Crippen LogP contribution in [0.3, 0.4) is 0 Å². The van der Waals surface area contributed by atoms with E-state index in [1.54, 1.807) is 11.8 Å². The molecule has 0 atom stereocenters. The molecular weight excluding hydrogens is 434 g/mol. The highest BCUT2D eigenvalue weighted by Crippen LogP contribution is 2.28. The Balaban J connectivity index is 1.48. The van der Waals surface area contributed by atoms with Crippen LogP contribution in [0.4, 0.5) is 5.82 Å². The van der Waals surface area contributed by atoms with Gasteiger partial charge in [-0.05, 0) is 24.6 Å². The topological polar surface area (TPSA) is 100 Å². The molecule has 10 nitrogen and oxygen atoms in total. The van der Waals surface area contributed by atoms with Gasteiger partial charge >= 0.3 is 0 Å². The summed E-state index contributed by atoms with van der Waals surface area (Å²) in [6.07, 6.45) is 3.71. The van der Waals surface area contributed by atoms with Crippen LogP contribution in [-0.2, 0) is 27.4 Å². The van der Waals surface area contributed by atoms with Gasteiger partial charge in [0, 0.05) is 32.0 Å². The van der Waals surface area contributed by atoms with Crippen molar-refractivity contribution in [3.05, 3.63) is 59.5 Å². The number of aromatic nitrogens is 6. The Hall–Kier alpha value is -3.47. The van der Waals surface area contributed by atoms with Crippen molar-refractivity contribution in [2.75, 3.05) is 45.1 Å². The summed E-state index contributed by atoms with van der Waals surface area (Å²) in [5.41, 5.74) is 5.45. The van der Waals surface area contributed by atoms with Crippen molar-refractivity contribution in [1.82, 2.24) is 29.9 Å². The van der Waals surface area contributed by atoms with E-state index in [0.29, 0.717) is 32.2 Å². The normalized spacial score (nSPS) is 14.1. The Morgan fingerprint density at radius 3 is 2.82 bits per heavy atom. The van der Waals surface area contributed by atoms with Crippen LogP contribution in [0.2, 0.25) is 0 Å². The number of pyridine rings is 1. The van der Waals surface area contributed by atoms with Gasteiger partial charge in [0.15, 0.2) is 11.6 Å². The first kappa shape index (κ1) is 22.3. The van der Waals surface area contributed by atoms with Crippen LogP contribution in [0, 0.1) is 6.92 Å². The van der Waals surface area contributed by atoms with E-state index in [-0.39, 0.29) is 6.79 Å². The lowest BCUT2D eigenvalue weighted by atomic mass is 10.1. The predicted molar refractivity (Wildman–Crippen MR) is 126 cm³/mol. The summed E-state index contributed by atoms with van der Waals surface area (Å²) in [6, 6.07) is 10.3. The Bertz CT molecular complexity index is 1270. The van der Waals surface area contributed by atoms with E-state index in [2.05, 4.69) is 40.3 Å². The van der Waals surface area contributed by atoms with Crippen LogP contribution in [0.5, 0.6) is 0 Å². The van der Waals surface area contributed by atoms with Crippen LogP contribution < -0.4 is 4.90 Å². The van der Waals surface area contributed by atoms with Crippen LogP contribution in [-0.4, -0.2) is 70.2 Å². The number of anilines is 1. The third-order valence-electron chi connectivity index (χ3n) is 5.54. The molecule has 4 aromatic rings. The molecule has 34 heavy (non-hydrogen) atoms. The van der Waals surface area contributed by atoms with Gasteiger partial charge in [0.1, 0.15) is 18.0 Å². The summed E-state index contributed by atoms with van der Waals surface area (Å²) in [4.78, 5) is 16.8. The SMILES string of the molecule is COCOCc1cn(Cc2cnc3c(N4CCOCC4)nc(-c4cccc(C)c4)nc3c2)nn1. The molecule has 1 aliphatic heterocycles. The maximum atomic E-state index is 5.55. The molecule has 176 valence electrons. The number of morpholine rings is 1. The number of hydrogen-bond donors (Lipinski definition) is 0. The Kier molecular flexibility index (Phi) is 6.70. The smallest absolute Gasteiger partial charge is 0.162 e. The average Bonchev–Trinajstić information content (AvgIpc) is 3.31. The van der Waals surface area contributed by atoms with Gasteiger partial charge in [-0.2, -0.15) is 0 Å². The van der Waals surface area contributed by atoms with E-state index in [1.807, 2.05) is 24.5 Å². The lowest BCUT2D eigenvalue weighted by molar-refractivity contribution is -0.0401. The van der Waals surface area contributed by atoms with Crippen molar-refractivity contribution in [2.45, 2.75) is 20.1 Å². The minimum atomic E-state index is 0.218. The molecule has 1 aromatic carbocycles.